The second-order valence-corrected chi connectivity index (χ2v) is 3.71. The maximum atomic E-state index is 4.17. The van der Waals surface area contributed by atoms with Gasteiger partial charge in [0.05, 0.1) is 6.54 Å². The minimum absolute atomic E-state index is 0.660. The molecular weight excluding hydrogens is 202 g/mol. The summed E-state index contributed by atoms with van der Waals surface area (Å²) in [5.41, 5.74) is 6.06. The fourth-order valence-electron chi connectivity index (χ4n) is 1.44. The molecule has 2 aromatic rings. The van der Waals surface area contributed by atoms with Gasteiger partial charge in [0.2, 0.25) is 0 Å². The average Bonchev–Trinajstić information content (AvgIpc) is 2.75. The number of H-pyrrole nitrogens is 1. The summed E-state index contributed by atoms with van der Waals surface area (Å²) in [5.74, 6) is 0. The lowest BCUT2D eigenvalue weighted by Gasteiger charge is -2.10. The molecule has 0 aliphatic heterocycles. The Kier molecular flexibility index (Phi) is 3.28. The lowest BCUT2D eigenvalue weighted by molar-refractivity contribution is 0.284. The molecule has 0 bridgehead atoms. The van der Waals surface area contributed by atoms with Gasteiger partial charge in [0.15, 0.2) is 0 Å². The molecule has 2 rings (SSSR count). The highest BCUT2D eigenvalue weighted by molar-refractivity contribution is 5.60. The van der Waals surface area contributed by atoms with Crippen LogP contribution in [0.5, 0.6) is 0 Å². The third kappa shape index (κ3) is 2.44. The van der Waals surface area contributed by atoms with Crippen molar-refractivity contribution in [3.63, 3.8) is 0 Å². The van der Waals surface area contributed by atoms with Gasteiger partial charge in [0.25, 0.3) is 0 Å². The van der Waals surface area contributed by atoms with E-state index in [1.165, 1.54) is 0 Å². The fourth-order valence-corrected chi connectivity index (χ4v) is 1.44. The Bertz CT molecular complexity index is 435. The van der Waals surface area contributed by atoms with Crippen LogP contribution < -0.4 is 5.43 Å². The van der Waals surface area contributed by atoms with Crippen LogP contribution in [0.3, 0.4) is 0 Å². The fraction of sp³-hybridized carbons (Fsp3) is 0.273. The monoisotopic (exact) mass is 217 g/mol. The summed E-state index contributed by atoms with van der Waals surface area (Å²) >= 11 is 0. The van der Waals surface area contributed by atoms with E-state index in [0.717, 1.165) is 17.0 Å². The average molecular weight is 217 g/mol. The molecule has 5 nitrogen and oxygen atoms in total. The summed E-state index contributed by atoms with van der Waals surface area (Å²) < 4.78 is 0. The number of rotatable bonds is 4. The predicted molar refractivity (Wildman–Crippen MR) is 62.3 cm³/mol. The number of hydrogen-bond donors (Lipinski definition) is 2. The van der Waals surface area contributed by atoms with Gasteiger partial charge >= 0.3 is 0 Å². The molecule has 84 valence electrons. The first-order chi connectivity index (χ1) is 7.77. The van der Waals surface area contributed by atoms with Crippen LogP contribution in [0, 0.1) is 0 Å². The number of nitrogens with one attached hydrogen (secondary N) is 2. The highest BCUT2D eigenvalue weighted by Gasteiger charge is 2.09. The van der Waals surface area contributed by atoms with Crippen LogP contribution in [0.4, 0.5) is 0 Å². The maximum Gasteiger partial charge on any atom is 0.117 e. The highest BCUT2D eigenvalue weighted by atomic mass is 15.5. The second-order valence-electron chi connectivity index (χ2n) is 3.71. The molecule has 0 atom stereocenters. The summed E-state index contributed by atoms with van der Waals surface area (Å²) in [5, 5.41) is 12.9. The molecule has 5 heteroatoms. The maximum absolute atomic E-state index is 4.17. The first-order valence-corrected chi connectivity index (χ1v) is 5.13. The van der Waals surface area contributed by atoms with Gasteiger partial charge in [-0.25, -0.2) is 5.43 Å². The molecule has 0 radical (unpaired) electrons. The Morgan fingerprint density at radius 2 is 1.94 bits per heavy atom. The third-order valence-electron chi connectivity index (χ3n) is 2.23. The minimum Gasteiger partial charge on any atom is -0.250 e. The highest BCUT2D eigenvalue weighted by Crippen LogP contribution is 2.18. The van der Waals surface area contributed by atoms with Crippen LogP contribution in [0.2, 0.25) is 0 Å². The van der Waals surface area contributed by atoms with Crippen LogP contribution in [-0.2, 0) is 6.54 Å². The molecule has 1 aromatic heterocycles. The number of aromatic nitrogens is 3. The van der Waals surface area contributed by atoms with Crippen LogP contribution in [-0.4, -0.2) is 34.5 Å². The SMILES string of the molecule is CN(C)NCc1n[nH]nc1-c1ccccc1. The van der Waals surface area contributed by atoms with Gasteiger partial charge in [-0.05, 0) is 0 Å². The van der Waals surface area contributed by atoms with Gasteiger partial charge in [-0.15, -0.1) is 0 Å². The number of nitrogens with zero attached hydrogens (tertiary/aromatic N) is 3. The number of hydrazine groups is 1. The smallest absolute Gasteiger partial charge is 0.117 e. The van der Waals surface area contributed by atoms with Crippen LogP contribution in [0.1, 0.15) is 5.69 Å². The van der Waals surface area contributed by atoms with E-state index < -0.39 is 0 Å². The van der Waals surface area contributed by atoms with E-state index in [1.54, 1.807) is 0 Å². The third-order valence-corrected chi connectivity index (χ3v) is 2.23. The quantitative estimate of drug-likeness (QED) is 0.751. The summed E-state index contributed by atoms with van der Waals surface area (Å²) in [7, 11) is 3.89. The molecule has 0 aliphatic carbocycles. The van der Waals surface area contributed by atoms with Crippen molar-refractivity contribution in [3.8, 4) is 11.3 Å². The standard InChI is InChI=1S/C11H15N5/c1-16(2)12-8-10-11(14-15-13-10)9-6-4-3-5-7-9/h3-7,12H,8H2,1-2H3,(H,13,14,15). The molecule has 16 heavy (non-hydrogen) atoms. The predicted octanol–water partition coefficient (Wildman–Crippen LogP) is 1.04. The van der Waals surface area contributed by atoms with E-state index in [-0.39, 0.29) is 0 Å². The summed E-state index contributed by atoms with van der Waals surface area (Å²) in [4.78, 5) is 0. The molecule has 1 aromatic carbocycles. The topological polar surface area (TPSA) is 56.8 Å². The Balaban J connectivity index is 2.19. The van der Waals surface area contributed by atoms with Gasteiger partial charge in [-0.1, -0.05) is 30.3 Å². The van der Waals surface area contributed by atoms with E-state index in [2.05, 4.69) is 20.8 Å². The molecule has 0 unspecified atom stereocenters. The van der Waals surface area contributed by atoms with Crippen molar-refractivity contribution in [1.82, 2.24) is 25.8 Å². The van der Waals surface area contributed by atoms with Crippen molar-refractivity contribution in [3.05, 3.63) is 36.0 Å². The molecule has 0 amide bonds. The Labute approximate surface area is 94.4 Å². The number of aromatic amines is 1. The van der Waals surface area contributed by atoms with Crippen molar-refractivity contribution in [1.29, 1.82) is 0 Å². The van der Waals surface area contributed by atoms with E-state index in [9.17, 15) is 0 Å². The van der Waals surface area contributed by atoms with Crippen molar-refractivity contribution < 1.29 is 0 Å². The van der Waals surface area contributed by atoms with E-state index in [0.29, 0.717) is 6.54 Å². The van der Waals surface area contributed by atoms with Crippen molar-refractivity contribution >= 4 is 0 Å². The lowest BCUT2D eigenvalue weighted by Crippen LogP contribution is -2.29. The van der Waals surface area contributed by atoms with E-state index in [4.69, 9.17) is 0 Å². The molecule has 0 fully saturated rings. The zero-order valence-corrected chi connectivity index (χ0v) is 9.44. The van der Waals surface area contributed by atoms with E-state index >= 15 is 0 Å². The second kappa shape index (κ2) is 4.87. The normalized spacial score (nSPS) is 10.9. The van der Waals surface area contributed by atoms with Crippen LogP contribution in [0.25, 0.3) is 11.3 Å². The lowest BCUT2D eigenvalue weighted by atomic mass is 10.1. The van der Waals surface area contributed by atoms with Gasteiger partial charge in [0, 0.05) is 19.7 Å². The number of benzene rings is 1. The van der Waals surface area contributed by atoms with Crippen molar-refractivity contribution in [2.75, 3.05) is 14.1 Å². The number of hydrogen-bond acceptors (Lipinski definition) is 4. The molecule has 0 spiro atoms. The largest absolute Gasteiger partial charge is 0.250 e. The van der Waals surface area contributed by atoms with Gasteiger partial charge < -0.3 is 0 Å². The van der Waals surface area contributed by atoms with Gasteiger partial charge in [-0.2, -0.15) is 15.4 Å². The molecular formula is C11H15N5. The summed E-state index contributed by atoms with van der Waals surface area (Å²) in [6.45, 7) is 0.660. The molecule has 2 N–H and O–H groups in total. The first-order valence-electron chi connectivity index (χ1n) is 5.13. The van der Waals surface area contributed by atoms with Crippen molar-refractivity contribution in [2.24, 2.45) is 0 Å². The summed E-state index contributed by atoms with van der Waals surface area (Å²) in [6, 6.07) is 10.0. The van der Waals surface area contributed by atoms with Crippen LogP contribution >= 0.6 is 0 Å². The molecule has 1 heterocycles. The zero-order valence-electron chi connectivity index (χ0n) is 9.44. The van der Waals surface area contributed by atoms with Crippen molar-refractivity contribution in [2.45, 2.75) is 6.54 Å². The molecule has 0 saturated carbocycles. The molecule has 0 saturated heterocycles. The zero-order chi connectivity index (χ0) is 11.4. The Hall–Kier alpha value is -1.72. The Morgan fingerprint density at radius 1 is 1.19 bits per heavy atom. The molecule has 0 aliphatic rings. The van der Waals surface area contributed by atoms with Gasteiger partial charge in [-0.3, -0.25) is 5.01 Å². The van der Waals surface area contributed by atoms with E-state index in [1.807, 2.05) is 49.4 Å². The first kappa shape index (κ1) is 10.8. The van der Waals surface area contributed by atoms with Crippen LogP contribution in [0.15, 0.2) is 30.3 Å². The Morgan fingerprint density at radius 3 is 2.62 bits per heavy atom. The summed E-state index contributed by atoms with van der Waals surface area (Å²) in [6.07, 6.45) is 0. The minimum atomic E-state index is 0.660. The van der Waals surface area contributed by atoms with Gasteiger partial charge in [0.1, 0.15) is 11.4 Å².